The summed E-state index contributed by atoms with van der Waals surface area (Å²) in [4.78, 5) is 4.89. The van der Waals surface area contributed by atoms with Gasteiger partial charge in [-0.25, -0.2) is 4.98 Å². The van der Waals surface area contributed by atoms with Gasteiger partial charge in [-0.2, -0.15) is 18.2 Å². The molecule has 3 aromatic heterocycles. The molecule has 6 heteroatoms. The summed E-state index contributed by atoms with van der Waals surface area (Å²) in [5, 5.41) is 2.02. The topological polar surface area (TPSA) is 35.9 Å². The number of benzene rings is 9. The van der Waals surface area contributed by atoms with Gasteiger partial charge in [0.15, 0.2) is 0 Å². The van der Waals surface area contributed by atoms with Crippen molar-refractivity contribution in [2.75, 3.05) is 0 Å². The molecule has 0 bridgehead atoms. The third-order valence-electron chi connectivity index (χ3n) is 18.7. The predicted octanol–water partition coefficient (Wildman–Crippen LogP) is 20.2. The fourth-order valence-corrected chi connectivity index (χ4v) is 13.6. The van der Waals surface area contributed by atoms with E-state index in [1.165, 1.54) is 0 Å². The number of para-hydroxylation sites is 2. The SMILES string of the molecule is [2H]c1c([2H])c([2H])c2c(c1[2H])-c1ccccc1-c1cccc3c1[n+]([c-]n3-c1[c-]c(Oc3[c-]c4c(cc3)c3ccccc3n4-c3cc(C(C)(C)C)ccn3)ccc1)-c1c(-c3c([2H])c([2H])c4c(c3[2H])C(C)(C)CCC4(C)C)ccc(-c3c([2H])c([2H])c4c(c3[2H])C(C)(C)CCC4(C)C)c1-2.[Pt]. The average molecular weight is 1310 g/mol. The molecular formula is C80H72N4OPt-2. The van der Waals surface area contributed by atoms with Crippen LogP contribution in [0.25, 0.3) is 106 Å². The molecule has 15 rings (SSSR count). The summed E-state index contributed by atoms with van der Waals surface area (Å²) in [6.45, 7) is 23.2. The van der Waals surface area contributed by atoms with Gasteiger partial charge < -0.3 is 13.9 Å². The zero-order valence-electron chi connectivity index (χ0n) is 60.5. The molecule has 0 unspecified atom stereocenters. The molecule has 0 atom stereocenters. The summed E-state index contributed by atoms with van der Waals surface area (Å²) in [6.07, 6.45) is 8.52. The Kier molecular flexibility index (Phi) is 10.5. The fourth-order valence-electron chi connectivity index (χ4n) is 13.6. The van der Waals surface area contributed by atoms with Gasteiger partial charge in [-0.05, 0) is 160 Å². The molecule has 9 aromatic carbocycles. The Hall–Kier alpha value is -8.11. The number of imidazole rings is 1. The van der Waals surface area contributed by atoms with E-state index in [0.717, 1.165) is 46.0 Å². The molecule has 0 fully saturated rings. The molecule has 5 nitrogen and oxygen atoms in total. The molecule has 4 heterocycles. The molecule has 0 saturated carbocycles. The van der Waals surface area contributed by atoms with Crippen LogP contribution in [0.4, 0.5) is 0 Å². The van der Waals surface area contributed by atoms with Crippen molar-refractivity contribution in [3.8, 4) is 84.3 Å². The first-order valence-electron chi connectivity index (χ1n) is 34.7. The van der Waals surface area contributed by atoms with Crippen LogP contribution in [0.2, 0.25) is 0 Å². The molecule has 0 amide bonds. The van der Waals surface area contributed by atoms with E-state index in [4.69, 9.17) is 9.72 Å². The zero-order chi connectivity index (χ0) is 67.2. The van der Waals surface area contributed by atoms with Gasteiger partial charge in [-0.1, -0.05) is 215 Å². The Labute approximate surface area is 535 Å². The Morgan fingerprint density at radius 2 is 1.12 bits per heavy atom. The second-order valence-corrected chi connectivity index (χ2v) is 27.3. The molecule has 0 N–H and O–H groups in total. The molecule has 2 aliphatic carbocycles. The first kappa shape index (κ1) is 45.2. The summed E-state index contributed by atoms with van der Waals surface area (Å²) in [7, 11) is 0. The minimum absolute atomic E-state index is 0. The second kappa shape index (κ2) is 20.0. The quantitative estimate of drug-likeness (QED) is 0.123. The first-order chi connectivity index (χ1) is 44.9. The number of fused-ring (bicyclic) bond motifs is 12. The number of hydrogen-bond acceptors (Lipinski definition) is 2. The van der Waals surface area contributed by atoms with Gasteiger partial charge in [-0.3, -0.25) is 4.57 Å². The zero-order valence-corrected chi connectivity index (χ0v) is 52.7. The van der Waals surface area contributed by atoms with Crippen molar-refractivity contribution in [3.05, 3.63) is 234 Å². The Morgan fingerprint density at radius 1 is 0.535 bits per heavy atom. The molecule has 0 spiro atoms. The van der Waals surface area contributed by atoms with Gasteiger partial charge in [0.25, 0.3) is 6.33 Å². The van der Waals surface area contributed by atoms with E-state index in [1.807, 2.05) is 100 Å². The standard InChI is InChI=1S/C80H72N4O.Pt/c1-76(2,3)52-38-43-81-72(46-52)84-69-28-17-16-25-61(69)62-33-32-55(48-71(62)84)85-54-21-18-20-53(47-54)82-49-83-74-64(27-19-29-70(74)82)60-24-13-12-22-58(60)59-23-14-15-26-63(59)73-56(50-30-36-65-67(44-50)79(8,9)41-39-77(65,4)5)34-35-57(75(73)83)51-31-37-66-68(45-51)80(10,11)42-40-78(66,6)7;/h12-38,43-46H,39-42H2,1-11H3;/q-2;/i14D,15D,23D,26D,30D,31D,36D,37D,44D,45D;. The Balaban J connectivity index is 0.00000792. The minimum Gasteiger partial charge on any atom is -0.510 e. The van der Waals surface area contributed by atoms with Gasteiger partial charge in [0.2, 0.25) is 0 Å². The molecule has 3 aliphatic rings. The summed E-state index contributed by atoms with van der Waals surface area (Å²) in [6, 6.07) is 44.1. The minimum atomic E-state index is -0.610. The van der Waals surface area contributed by atoms with Crippen LogP contribution in [-0.4, -0.2) is 14.1 Å². The van der Waals surface area contributed by atoms with Crippen molar-refractivity contribution < 1.29 is 44.1 Å². The smallest absolute Gasteiger partial charge is 0.268 e. The molecule has 0 saturated heterocycles. The van der Waals surface area contributed by atoms with Crippen LogP contribution < -0.4 is 9.30 Å². The van der Waals surface area contributed by atoms with Crippen molar-refractivity contribution in [3.63, 3.8) is 0 Å². The number of hydrogen-bond donors (Lipinski definition) is 0. The van der Waals surface area contributed by atoms with Gasteiger partial charge in [0.1, 0.15) is 5.82 Å². The van der Waals surface area contributed by atoms with Crippen LogP contribution in [0.1, 0.15) is 143 Å². The molecule has 86 heavy (non-hydrogen) atoms. The number of rotatable bonds is 6. The van der Waals surface area contributed by atoms with Gasteiger partial charge in [0.05, 0.1) is 30.4 Å². The van der Waals surface area contributed by atoms with E-state index in [2.05, 4.69) is 123 Å². The first-order valence-corrected chi connectivity index (χ1v) is 29.7. The van der Waals surface area contributed by atoms with Crippen molar-refractivity contribution in [1.82, 2.24) is 14.1 Å². The van der Waals surface area contributed by atoms with E-state index in [0.29, 0.717) is 85.6 Å². The van der Waals surface area contributed by atoms with Gasteiger partial charge in [-0.15, -0.1) is 29.7 Å². The Morgan fingerprint density at radius 3 is 1.81 bits per heavy atom. The number of pyridine rings is 1. The average Bonchev–Trinajstić information content (AvgIpc) is 0.972. The van der Waals surface area contributed by atoms with E-state index in [9.17, 15) is 13.7 Å². The molecule has 12 aromatic rings. The molecule has 0 radical (unpaired) electrons. The van der Waals surface area contributed by atoms with E-state index in [1.54, 1.807) is 12.1 Å². The maximum atomic E-state index is 10.6. The second-order valence-electron chi connectivity index (χ2n) is 27.3. The number of ether oxygens (including phenoxy) is 1. The van der Waals surface area contributed by atoms with Crippen LogP contribution in [0, 0.1) is 18.5 Å². The van der Waals surface area contributed by atoms with Gasteiger partial charge >= 0.3 is 0 Å². The third-order valence-corrected chi connectivity index (χ3v) is 18.7. The summed E-state index contributed by atoms with van der Waals surface area (Å²) < 4.78 is 114. The summed E-state index contributed by atoms with van der Waals surface area (Å²) in [5.41, 5.74) is 7.93. The Bertz CT molecular complexity index is 5360. The monoisotopic (exact) mass is 1310 g/mol. The fraction of sp³-hybridized carbons (Fsp3) is 0.250. The van der Waals surface area contributed by atoms with Gasteiger partial charge in [0, 0.05) is 49.8 Å². The third kappa shape index (κ3) is 8.88. The maximum Gasteiger partial charge on any atom is 0.268 e. The van der Waals surface area contributed by atoms with Crippen LogP contribution in [-0.2, 0) is 48.1 Å². The van der Waals surface area contributed by atoms with Crippen LogP contribution >= 0.6 is 0 Å². The van der Waals surface area contributed by atoms with E-state index < -0.39 is 39.8 Å². The predicted molar refractivity (Wildman–Crippen MR) is 350 cm³/mol. The molecular weight excluding hydrogens is 1230 g/mol. The van der Waals surface area contributed by atoms with E-state index in [-0.39, 0.29) is 108 Å². The van der Waals surface area contributed by atoms with E-state index >= 15 is 0 Å². The summed E-state index contributed by atoms with van der Waals surface area (Å²) >= 11 is 0. The number of nitrogens with zero attached hydrogens (tertiary/aromatic N) is 4. The maximum absolute atomic E-state index is 10.6. The van der Waals surface area contributed by atoms with Crippen molar-refractivity contribution >= 4 is 32.8 Å². The van der Waals surface area contributed by atoms with Crippen LogP contribution in [0.15, 0.2) is 188 Å². The molecule has 1 aliphatic heterocycles. The normalized spacial score (nSPS) is 17.6. The van der Waals surface area contributed by atoms with Crippen molar-refractivity contribution in [1.29, 1.82) is 0 Å². The number of aromatic nitrogens is 4. The van der Waals surface area contributed by atoms with Crippen LogP contribution in [0.5, 0.6) is 11.5 Å². The molecule has 430 valence electrons. The van der Waals surface area contributed by atoms with Crippen LogP contribution in [0.3, 0.4) is 0 Å². The largest absolute Gasteiger partial charge is 0.510 e. The summed E-state index contributed by atoms with van der Waals surface area (Å²) in [5.74, 6) is 1.55. The van der Waals surface area contributed by atoms with Crippen molar-refractivity contribution in [2.45, 2.75) is 129 Å². The van der Waals surface area contributed by atoms with Crippen molar-refractivity contribution in [2.24, 2.45) is 0 Å².